The quantitative estimate of drug-likeness (QED) is 0.692. The molecule has 2 heteroatoms. The summed E-state index contributed by atoms with van der Waals surface area (Å²) in [6.07, 6.45) is 1.10. The first-order chi connectivity index (χ1) is 8.22. The van der Waals surface area contributed by atoms with Gasteiger partial charge in [0.15, 0.2) is 0 Å². The van der Waals surface area contributed by atoms with Crippen LogP contribution in [-0.4, -0.2) is 38.1 Å². The summed E-state index contributed by atoms with van der Waals surface area (Å²) < 4.78 is 0. The van der Waals surface area contributed by atoms with Crippen molar-refractivity contribution in [2.24, 2.45) is 0 Å². The van der Waals surface area contributed by atoms with E-state index in [2.05, 4.69) is 61.1 Å². The molecule has 0 radical (unpaired) electrons. The fraction of sp³-hybridized carbons (Fsp3) is 0.467. The maximum absolute atomic E-state index is 4.08. The van der Waals surface area contributed by atoms with Crippen molar-refractivity contribution in [2.45, 2.75) is 13.3 Å². The molecule has 0 bridgehead atoms. The number of likely N-dealkylation sites (N-methyl/N-ethyl adjacent to an activating group) is 2. The molecule has 1 aromatic rings. The van der Waals surface area contributed by atoms with E-state index in [0.717, 1.165) is 32.6 Å². The van der Waals surface area contributed by atoms with Crippen LogP contribution in [0.2, 0.25) is 0 Å². The lowest BCUT2D eigenvalue weighted by Gasteiger charge is -2.18. The molecule has 1 rings (SSSR count). The second-order valence-electron chi connectivity index (χ2n) is 4.50. The Kier molecular flexibility index (Phi) is 6.60. The average molecular weight is 232 g/mol. The first-order valence-corrected chi connectivity index (χ1v) is 6.32. The van der Waals surface area contributed by atoms with E-state index in [9.17, 15) is 0 Å². The Labute approximate surface area is 105 Å². The van der Waals surface area contributed by atoms with Crippen molar-refractivity contribution in [1.29, 1.82) is 0 Å². The molecule has 0 heterocycles. The molecule has 1 N–H and O–H groups in total. The molecule has 2 nitrogen and oxygen atoms in total. The molecule has 0 saturated heterocycles. The maximum atomic E-state index is 4.08. The van der Waals surface area contributed by atoms with Gasteiger partial charge in [0.1, 0.15) is 0 Å². The fourth-order valence-corrected chi connectivity index (χ4v) is 1.78. The Morgan fingerprint density at radius 1 is 1.29 bits per heavy atom. The van der Waals surface area contributed by atoms with Crippen LogP contribution in [0.1, 0.15) is 12.5 Å². The standard InChI is InChI=1S/C15H24N2/c1-4-16-12-14(2)13-17(3)11-10-15-8-6-5-7-9-15/h5-9,16H,2,4,10-13H2,1,3H3. The van der Waals surface area contributed by atoms with E-state index in [4.69, 9.17) is 0 Å². The van der Waals surface area contributed by atoms with Crippen molar-refractivity contribution in [1.82, 2.24) is 10.2 Å². The molecule has 0 saturated carbocycles. The van der Waals surface area contributed by atoms with Crippen molar-refractivity contribution in [3.63, 3.8) is 0 Å². The van der Waals surface area contributed by atoms with Crippen molar-refractivity contribution in [3.05, 3.63) is 48.0 Å². The van der Waals surface area contributed by atoms with Crippen LogP contribution in [0.4, 0.5) is 0 Å². The van der Waals surface area contributed by atoms with Crippen LogP contribution in [-0.2, 0) is 6.42 Å². The molecule has 94 valence electrons. The minimum atomic E-state index is 0.923. The van der Waals surface area contributed by atoms with E-state index in [1.54, 1.807) is 0 Å². The Bertz CT molecular complexity index is 319. The third kappa shape index (κ3) is 6.25. The minimum absolute atomic E-state index is 0.923. The van der Waals surface area contributed by atoms with E-state index < -0.39 is 0 Å². The summed E-state index contributed by atoms with van der Waals surface area (Å²) in [7, 11) is 2.15. The Hall–Kier alpha value is -1.12. The molecule has 0 fully saturated rings. The molecule has 0 aromatic heterocycles. The van der Waals surface area contributed by atoms with Crippen LogP contribution >= 0.6 is 0 Å². The Morgan fingerprint density at radius 2 is 2.00 bits per heavy atom. The van der Waals surface area contributed by atoms with Gasteiger partial charge in [-0.15, -0.1) is 0 Å². The van der Waals surface area contributed by atoms with E-state index in [-0.39, 0.29) is 0 Å². The van der Waals surface area contributed by atoms with Crippen LogP contribution in [0, 0.1) is 0 Å². The molecule has 0 amide bonds. The lowest BCUT2D eigenvalue weighted by atomic mass is 10.1. The maximum Gasteiger partial charge on any atom is 0.0199 e. The highest BCUT2D eigenvalue weighted by atomic mass is 15.1. The van der Waals surface area contributed by atoms with Gasteiger partial charge in [-0.2, -0.15) is 0 Å². The molecule has 17 heavy (non-hydrogen) atoms. The lowest BCUT2D eigenvalue weighted by Crippen LogP contribution is -2.27. The van der Waals surface area contributed by atoms with E-state index >= 15 is 0 Å². The predicted molar refractivity (Wildman–Crippen MR) is 75.3 cm³/mol. The summed E-state index contributed by atoms with van der Waals surface area (Å²) in [6.45, 7) is 10.2. The molecule has 0 aliphatic rings. The number of nitrogens with one attached hydrogen (secondary N) is 1. The lowest BCUT2D eigenvalue weighted by molar-refractivity contribution is 0.364. The number of nitrogens with zero attached hydrogens (tertiary/aromatic N) is 1. The second-order valence-corrected chi connectivity index (χ2v) is 4.50. The van der Waals surface area contributed by atoms with E-state index in [1.165, 1.54) is 11.1 Å². The third-order valence-corrected chi connectivity index (χ3v) is 2.74. The van der Waals surface area contributed by atoms with Gasteiger partial charge < -0.3 is 10.2 Å². The smallest absolute Gasteiger partial charge is 0.0199 e. The Balaban J connectivity index is 2.21. The van der Waals surface area contributed by atoms with Gasteiger partial charge in [0.25, 0.3) is 0 Å². The van der Waals surface area contributed by atoms with Gasteiger partial charge in [0.05, 0.1) is 0 Å². The molecule has 1 aromatic carbocycles. The molecule has 0 spiro atoms. The largest absolute Gasteiger partial charge is 0.313 e. The highest BCUT2D eigenvalue weighted by molar-refractivity contribution is 5.15. The Morgan fingerprint density at radius 3 is 2.65 bits per heavy atom. The summed E-state index contributed by atoms with van der Waals surface area (Å²) in [6, 6.07) is 10.6. The predicted octanol–water partition coefficient (Wildman–Crippen LogP) is 2.33. The van der Waals surface area contributed by atoms with Gasteiger partial charge in [0, 0.05) is 19.6 Å². The molecule has 0 aliphatic carbocycles. The second kappa shape index (κ2) is 8.04. The van der Waals surface area contributed by atoms with Crippen LogP contribution < -0.4 is 5.32 Å². The van der Waals surface area contributed by atoms with Crippen LogP contribution in [0.15, 0.2) is 42.5 Å². The first-order valence-electron chi connectivity index (χ1n) is 6.32. The van der Waals surface area contributed by atoms with Crippen LogP contribution in [0.3, 0.4) is 0 Å². The summed E-state index contributed by atoms with van der Waals surface area (Å²) >= 11 is 0. The zero-order valence-electron chi connectivity index (χ0n) is 11.1. The van der Waals surface area contributed by atoms with Gasteiger partial charge in [-0.25, -0.2) is 0 Å². The highest BCUT2D eigenvalue weighted by Crippen LogP contribution is 2.01. The summed E-state index contributed by atoms with van der Waals surface area (Å²) in [5.41, 5.74) is 2.65. The molecular weight excluding hydrogens is 208 g/mol. The normalized spacial score (nSPS) is 10.8. The number of hydrogen-bond donors (Lipinski definition) is 1. The summed E-state index contributed by atoms with van der Waals surface area (Å²) in [4.78, 5) is 2.33. The number of benzene rings is 1. The molecule has 0 atom stereocenters. The topological polar surface area (TPSA) is 15.3 Å². The van der Waals surface area contributed by atoms with E-state index in [0.29, 0.717) is 0 Å². The zero-order valence-corrected chi connectivity index (χ0v) is 11.1. The van der Waals surface area contributed by atoms with Crippen molar-refractivity contribution in [3.8, 4) is 0 Å². The third-order valence-electron chi connectivity index (χ3n) is 2.74. The van der Waals surface area contributed by atoms with Crippen molar-refractivity contribution in [2.75, 3.05) is 33.2 Å². The van der Waals surface area contributed by atoms with Gasteiger partial charge >= 0.3 is 0 Å². The van der Waals surface area contributed by atoms with Crippen molar-refractivity contribution < 1.29 is 0 Å². The average Bonchev–Trinajstić information content (AvgIpc) is 2.35. The highest BCUT2D eigenvalue weighted by Gasteiger charge is 2.01. The molecule has 0 aliphatic heterocycles. The minimum Gasteiger partial charge on any atom is -0.313 e. The van der Waals surface area contributed by atoms with Gasteiger partial charge in [-0.05, 0) is 31.1 Å². The van der Waals surface area contributed by atoms with Crippen LogP contribution in [0.5, 0.6) is 0 Å². The summed E-state index contributed by atoms with van der Waals surface area (Å²) in [5.74, 6) is 0. The van der Waals surface area contributed by atoms with Crippen LogP contribution in [0.25, 0.3) is 0 Å². The van der Waals surface area contributed by atoms with Gasteiger partial charge in [-0.3, -0.25) is 0 Å². The van der Waals surface area contributed by atoms with Gasteiger partial charge in [-0.1, -0.05) is 43.8 Å². The first kappa shape index (κ1) is 13.9. The molecule has 0 unspecified atom stereocenters. The monoisotopic (exact) mass is 232 g/mol. The SMILES string of the molecule is C=C(CNCC)CN(C)CCc1ccccc1. The molecular formula is C15H24N2. The number of hydrogen-bond acceptors (Lipinski definition) is 2. The summed E-state index contributed by atoms with van der Waals surface area (Å²) in [5, 5.41) is 3.30. The zero-order chi connectivity index (χ0) is 12.5. The van der Waals surface area contributed by atoms with E-state index in [1.807, 2.05) is 0 Å². The number of rotatable bonds is 8. The fourth-order valence-electron chi connectivity index (χ4n) is 1.78. The van der Waals surface area contributed by atoms with Crippen molar-refractivity contribution >= 4 is 0 Å². The van der Waals surface area contributed by atoms with Gasteiger partial charge in [0.2, 0.25) is 0 Å².